The highest BCUT2D eigenvalue weighted by molar-refractivity contribution is 6.62. The molecule has 1 rings (SSSR count). The van der Waals surface area contributed by atoms with Gasteiger partial charge < -0.3 is 13.3 Å². The number of hydrogen-bond acceptors (Lipinski definition) is 4. The Morgan fingerprint density at radius 2 is 1.94 bits per heavy atom. The Labute approximate surface area is 98.6 Å². The SMILES string of the molecule is CO[Si](OC)(OC(C)C)C1CCCC(=O)C1. The fourth-order valence-electron chi connectivity index (χ4n) is 2.26. The first-order valence-electron chi connectivity index (χ1n) is 5.84. The van der Waals surface area contributed by atoms with Gasteiger partial charge >= 0.3 is 8.80 Å². The van der Waals surface area contributed by atoms with Crippen molar-refractivity contribution in [1.82, 2.24) is 0 Å². The number of hydrogen-bond donors (Lipinski definition) is 0. The molecule has 1 atom stereocenters. The number of ketones is 1. The van der Waals surface area contributed by atoms with Crippen LogP contribution in [-0.4, -0.2) is 34.9 Å². The molecule has 16 heavy (non-hydrogen) atoms. The Bertz CT molecular complexity index is 238. The van der Waals surface area contributed by atoms with Crippen molar-refractivity contribution in [2.75, 3.05) is 14.2 Å². The van der Waals surface area contributed by atoms with Crippen LogP contribution in [0.5, 0.6) is 0 Å². The number of carbonyl (C=O) groups excluding carboxylic acids is 1. The lowest BCUT2D eigenvalue weighted by atomic mass is 9.99. The van der Waals surface area contributed by atoms with Gasteiger partial charge in [0, 0.05) is 38.7 Å². The van der Waals surface area contributed by atoms with E-state index in [-0.39, 0.29) is 11.6 Å². The van der Waals surface area contributed by atoms with E-state index in [4.69, 9.17) is 13.3 Å². The largest absolute Gasteiger partial charge is 0.504 e. The van der Waals surface area contributed by atoms with E-state index >= 15 is 0 Å². The molecular formula is C11H22O4Si. The van der Waals surface area contributed by atoms with Crippen LogP contribution < -0.4 is 0 Å². The average molecular weight is 246 g/mol. The van der Waals surface area contributed by atoms with E-state index in [2.05, 4.69) is 0 Å². The molecule has 4 nitrogen and oxygen atoms in total. The molecule has 0 radical (unpaired) electrons. The Kier molecular flexibility index (Phi) is 5.11. The van der Waals surface area contributed by atoms with Crippen molar-refractivity contribution in [3.8, 4) is 0 Å². The van der Waals surface area contributed by atoms with E-state index in [0.29, 0.717) is 18.6 Å². The van der Waals surface area contributed by atoms with Crippen LogP contribution in [0.4, 0.5) is 0 Å². The van der Waals surface area contributed by atoms with Gasteiger partial charge in [-0.05, 0) is 26.7 Å². The molecule has 0 aliphatic heterocycles. The third kappa shape index (κ3) is 3.13. The van der Waals surface area contributed by atoms with Crippen LogP contribution >= 0.6 is 0 Å². The highest BCUT2D eigenvalue weighted by Gasteiger charge is 2.50. The van der Waals surface area contributed by atoms with Gasteiger partial charge in [-0.25, -0.2) is 0 Å². The van der Waals surface area contributed by atoms with Crippen LogP contribution in [0.3, 0.4) is 0 Å². The van der Waals surface area contributed by atoms with Gasteiger partial charge in [0.05, 0.1) is 0 Å². The minimum Gasteiger partial charge on any atom is -0.377 e. The van der Waals surface area contributed by atoms with Crippen molar-refractivity contribution in [3.63, 3.8) is 0 Å². The highest BCUT2D eigenvalue weighted by atomic mass is 28.4. The van der Waals surface area contributed by atoms with Crippen molar-refractivity contribution in [3.05, 3.63) is 0 Å². The molecule has 0 bridgehead atoms. The summed E-state index contributed by atoms with van der Waals surface area (Å²) in [5.74, 6) is 0.301. The molecule has 0 N–H and O–H groups in total. The second-order valence-electron chi connectivity index (χ2n) is 4.51. The van der Waals surface area contributed by atoms with Crippen molar-refractivity contribution in [1.29, 1.82) is 0 Å². The fraction of sp³-hybridized carbons (Fsp3) is 0.909. The molecular weight excluding hydrogens is 224 g/mol. The molecule has 1 fully saturated rings. The summed E-state index contributed by atoms with van der Waals surface area (Å²) in [4.78, 5) is 11.5. The summed E-state index contributed by atoms with van der Waals surface area (Å²) in [5.41, 5.74) is 0.131. The quantitative estimate of drug-likeness (QED) is 0.697. The summed E-state index contributed by atoms with van der Waals surface area (Å²) in [7, 11) is 0.576. The number of rotatable bonds is 5. The van der Waals surface area contributed by atoms with Crippen molar-refractivity contribution < 1.29 is 18.1 Å². The standard InChI is InChI=1S/C11H22O4Si/c1-9(2)15-16(13-3,14-4)11-7-5-6-10(12)8-11/h9,11H,5-8H2,1-4H3. The lowest BCUT2D eigenvalue weighted by molar-refractivity contribution is -0.120. The summed E-state index contributed by atoms with van der Waals surface area (Å²) in [5, 5.41) is 0. The second-order valence-corrected chi connectivity index (χ2v) is 7.59. The molecule has 1 unspecified atom stereocenters. The Morgan fingerprint density at radius 3 is 2.38 bits per heavy atom. The van der Waals surface area contributed by atoms with Gasteiger partial charge in [-0.15, -0.1) is 0 Å². The maximum atomic E-state index is 11.5. The molecule has 94 valence electrons. The highest BCUT2D eigenvalue weighted by Crippen LogP contribution is 2.37. The zero-order chi connectivity index (χ0) is 12.2. The van der Waals surface area contributed by atoms with Gasteiger partial charge in [-0.1, -0.05) is 0 Å². The van der Waals surface area contributed by atoms with Gasteiger partial charge in [-0.3, -0.25) is 4.79 Å². The topological polar surface area (TPSA) is 44.8 Å². The minimum absolute atomic E-state index is 0.0589. The predicted octanol–water partition coefficient (Wildman–Crippen LogP) is 2.16. The first-order valence-corrected chi connectivity index (χ1v) is 7.64. The van der Waals surface area contributed by atoms with E-state index in [9.17, 15) is 4.79 Å². The van der Waals surface area contributed by atoms with Gasteiger partial charge in [0.2, 0.25) is 0 Å². The third-order valence-electron chi connectivity index (χ3n) is 2.95. The smallest absolute Gasteiger partial charge is 0.377 e. The lowest BCUT2D eigenvalue weighted by Gasteiger charge is -2.36. The van der Waals surface area contributed by atoms with Crippen LogP contribution in [0.2, 0.25) is 5.54 Å². The Balaban J connectivity index is 2.77. The first kappa shape index (κ1) is 13.8. The minimum atomic E-state index is -2.67. The van der Waals surface area contributed by atoms with E-state index in [1.807, 2.05) is 13.8 Å². The molecule has 0 saturated heterocycles. The summed E-state index contributed by atoms with van der Waals surface area (Å²) in [6.45, 7) is 3.93. The van der Waals surface area contributed by atoms with E-state index in [1.54, 1.807) is 14.2 Å². The molecule has 1 saturated carbocycles. The normalized spacial score (nSPS) is 22.8. The monoisotopic (exact) mass is 246 g/mol. The maximum absolute atomic E-state index is 11.5. The number of Topliss-reactive ketones (excluding diaryl/α,β-unsaturated/α-hetero) is 1. The van der Waals surface area contributed by atoms with Crippen LogP contribution in [0, 0.1) is 0 Å². The Hall–Kier alpha value is -0.233. The second kappa shape index (κ2) is 5.91. The molecule has 1 aliphatic carbocycles. The summed E-state index contributed by atoms with van der Waals surface area (Å²) in [6.07, 6.45) is 3.18. The van der Waals surface area contributed by atoms with E-state index in [0.717, 1.165) is 12.8 Å². The molecule has 0 aromatic heterocycles. The molecule has 0 heterocycles. The Morgan fingerprint density at radius 1 is 1.31 bits per heavy atom. The third-order valence-corrected chi connectivity index (χ3v) is 6.38. The molecule has 1 aliphatic rings. The van der Waals surface area contributed by atoms with Gasteiger partial charge in [0.15, 0.2) is 0 Å². The fourth-order valence-corrected chi connectivity index (χ4v) is 5.17. The zero-order valence-corrected chi connectivity index (χ0v) is 11.6. The van der Waals surface area contributed by atoms with Crippen LogP contribution in [0.25, 0.3) is 0 Å². The van der Waals surface area contributed by atoms with Crippen LogP contribution in [0.1, 0.15) is 39.5 Å². The zero-order valence-electron chi connectivity index (χ0n) is 10.6. The molecule has 5 heteroatoms. The average Bonchev–Trinajstić information content (AvgIpc) is 2.25. The molecule has 0 aromatic carbocycles. The lowest BCUT2D eigenvalue weighted by Crippen LogP contribution is -2.51. The maximum Gasteiger partial charge on any atom is 0.504 e. The van der Waals surface area contributed by atoms with Crippen molar-refractivity contribution >= 4 is 14.6 Å². The van der Waals surface area contributed by atoms with E-state index < -0.39 is 8.80 Å². The van der Waals surface area contributed by atoms with Crippen molar-refractivity contribution in [2.24, 2.45) is 0 Å². The molecule has 0 amide bonds. The summed E-state index contributed by atoms with van der Waals surface area (Å²) < 4.78 is 16.9. The first-order chi connectivity index (χ1) is 7.54. The predicted molar refractivity (Wildman–Crippen MR) is 63.2 cm³/mol. The van der Waals surface area contributed by atoms with Gasteiger partial charge in [0.1, 0.15) is 5.78 Å². The van der Waals surface area contributed by atoms with Crippen molar-refractivity contribution in [2.45, 2.75) is 51.2 Å². The van der Waals surface area contributed by atoms with Gasteiger partial charge in [-0.2, -0.15) is 0 Å². The summed E-state index contributed by atoms with van der Waals surface area (Å²) in [6, 6.07) is 0. The van der Waals surface area contributed by atoms with Crippen LogP contribution in [0.15, 0.2) is 0 Å². The van der Waals surface area contributed by atoms with Gasteiger partial charge in [0.25, 0.3) is 0 Å². The molecule has 0 spiro atoms. The number of carbonyl (C=O) groups is 1. The van der Waals surface area contributed by atoms with E-state index in [1.165, 1.54) is 0 Å². The summed E-state index contributed by atoms with van der Waals surface area (Å²) >= 11 is 0. The molecule has 0 aromatic rings. The van der Waals surface area contributed by atoms with Crippen LogP contribution in [-0.2, 0) is 18.1 Å².